The second-order valence-corrected chi connectivity index (χ2v) is 3.68. The first kappa shape index (κ1) is 15.9. The smallest absolute Gasteiger partial charge is 0.290 e. The number of hydrogen-bond acceptors (Lipinski definition) is 2. The Labute approximate surface area is 88.1 Å². The Morgan fingerprint density at radius 1 is 1.07 bits per heavy atom. The van der Waals surface area contributed by atoms with Gasteiger partial charge in [0, 0.05) is 0 Å². The SMILES string of the molecule is CCCCCCCCN(C)C.O=CO. The summed E-state index contributed by atoms with van der Waals surface area (Å²) in [7, 11) is 4.29. The Hall–Kier alpha value is -0.570. The minimum absolute atomic E-state index is 0.250. The highest BCUT2D eigenvalue weighted by Gasteiger charge is 1.90. The molecule has 0 aliphatic carbocycles. The molecule has 0 aromatic heterocycles. The van der Waals surface area contributed by atoms with E-state index in [-0.39, 0.29) is 6.47 Å². The van der Waals surface area contributed by atoms with Gasteiger partial charge in [-0.2, -0.15) is 0 Å². The van der Waals surface area contributed by atoms with E-state index in [1.54, 1.807) is 0 Å². The van der Waals surface area contributed by atoms with Crippen LogP contribution in [0.1, 0.15) is 45.4 Å². The molecule has 0 atom stereocenters. The number of nitrogens with zero attached hydrogens (tertiary/aromatic N) is 1. The Morgan fingerprint density at radius 2 is 1.50 bits per heavy atom. The van der Waals surface area contributed by atoms with Crippen molar-refractivity contribution in [3.05, 3.63) is 0 Å². The van der Waals surface area contributed by atoms with Gasteiger partial charge in [-0.25, -0.2) is 0 Å². The highest BCUT2D eigenvalue weighted by Crippen LogP contribution is 2.04. The average Bonchev–Trinajstić information content (AvgIpc) is 2.12. The Bertz CT molecular complexity index is 105. The number of hydrogen-bond donors (Lipinski definition) is 1. The molecule has 0 aliphatic rings. The molecule has 0 aliphatic heterocycles. The quantitative estimate of drug-likeness (QED) is 0.511. The van der Waals surface area contributed by atoms with E-state index < -0.39 is 0 Å². The maximum absolute atomic E-state index is 8.36. The van der Waals surface area contributed by atoms with E-state index in [1.807, 2.05) is 0 Å². The van der Waals surface area contributed by atoms with E-state index in [9.17, 15) is 0 Å². The molecular formula is C11H25NO2. The van der Waals surface area contributed by atoms with E-state index in [4.69, 9.17) is 9.90 Å². The van der Waals surface area contributed by atoms with E-state index in [2.05, 4.69) is 25.9 Å². The monoisotopic (exact) mass is 203 g/mol. The molecule has 0 rings (SSSR count). The molecule has 0 saturated carbocycles. The van der Waals surface area contributed by atoms with Gasteiger partial charge in [0.1, 0.15) is 0 Å². The van der Waals surface area contributed by atoms with Gasteiger partial charge in [-0.1, -0.05) is 39.0 Å². The predicted octanol–water partition coefficient (Wildman–Crippen LogP) is 2.61. The number of carbonyl (C=O) groups is 1. The fraction of sp³-hybridized carbons (Fsp3) is 0.909. The second-order valence-electron chi connectivity index (χ2n) is 3.68. The number of carboxylic acid groups (broad SMARTS) is 1. The second kappa shape index (κ2) is 14.9. The predicted molar refractivity (Wildman–Crippen MR) is 60.6 cm³/mol. The molecule has 1 N–H and O–H groups in total. The van der Waals surface area contributed by atoms with Gasteiger partial charge in [-0.3, -0.25) is 4.79 Å². The van der Waals surface area contributed by atoms with Gasteiger partial charge in [0.2, 0.25) is 0 Å². The molecular weight excluding hydrogens is 178 g/mol. The third-order valence-corrected chi connectivity index (χ3v) is 1.96. The van der Waals surface area contributed by atoms with Gasteiger partial charge in [-0.15, -0.1) is 0 Å². The summed E-state index contributed by atoms with van der Waals surface area (Å²) in [4.78, 5) is 10.6. The normalized spacial score (nSPS) is 9.43. The van der Waals surface area contributed by atoms with E-state index in [0.29, 0.717) is 0 Å². The van der Waals surface area contributed by atoms with Gasteiger partial charge in [0.15, 0.2) is 0 Å². The van der Waals surface area contributed by atoms with Crippen LogP contribution in [0.3, 0.4) is 0 Å². The molecule has 0 fully saturated rings. The van der Waals surface area contributed by atoms with Crippen molar-refractivity contribution in [1.82, 2.24) is 4.90 Å². The summed E-state index contributed by atoms with van der Waals surface area (Å²) in [6, 6.07) is 0. The molecule has 0 amide bonds. The van der Waals surface area contributed by atoms with E-state index >= 15 is 0 Å². The molecule has 0 heterocycles. The van der Waals surface area contributed by atoms with Crippen molar-refractivity contribution in [2.24, 2.45) is 0 Å². The summed E-state index contributed by atoms with van der Waals surface area (Å²) in [6.07, 6.45) is 8.43. The zero-order chi connectivity index (χ0) is 11.2. The Kier molecular flexibility index (Phi) is 16.9. The molecule has 0 bridgehead atoms. The van der Waals surface area contributed by atoms with Crippen LogP contribution in [-0.2, 0) is 4.79 Å². The van der Waals surface area contributed by atoms with E-state index in [1.165, 1.54) is 45.1 Å². The summed E-state index contributed by atoms with van der Waals surface area (Å²) in [6.45, 7) is 3.27. The van der Waals surface area contributed by atoms with Crippen LogP contribution in [-0.4, -0.2) is 37.1 Å². The molecule has 0 aromatic rings. The zero-order valence-electron chi connectivity index (χ0n) is 9.83. The zero-order valence-corrected chi connectivity index (χ0v) is 9.83. The fourth-order valence-corrected chi connectivity index (χ4v) is 1.21. The van der Waals surface area contributed by atoms with Crippen LogP contribution in [0.5, 0.6) is 0 Å². The van der Waals surface area contributed by atoms with Crippen LogP contribution in [0.15, 0.2) is 0 Å². The van der Waals surface area contributed by atoms with Gasteiger partial charge in [0.25, 0.3) is 6.47 Å². The first-order valence-electron chi connectivity index (χ1n) is 5.41. The van der Waals surface area contributed by atoms with Crippen LogP contribution in [0.25, 0.3) is 0 Å². The minimum atomic E-state index is -0.250. The lowest BCUT2D eigenvalue weighted by Gasteiger charge is -2.08. The van der Waals surface area contributed by atoms with Gasteiger partial charge >= 0.3 is 0 Å². The Balaban J connectivity index is 0. The summed E-state index contributed by atoms with van der Waals surface area (Å²) in [5.74, 6) is 0. The molecule has 14 heavy (non-hydrogen) atoms. The van der Waals surface area contributed by atoms with Gasteiger partial charge in [0.05, 0.1) is 0 Å². The molecule has 0 radical (unpaired) electrons. The molecule has 3 nitrogen and oxygen atoms in total. The first-order valence-corrected chi connectivity index (χ1v) is 5.41. The standard InChI is InChI=1S/C10H23N.CH2O2/c1-4-5-6-7-8-9-10-11(2)3;2-1-3/h4-10H2,1-3H3;1H,(H,2,3). The van der Waals surface area contributed by atoms with Crippen molar-refractivity contribution in [3.8, 4) is 0 Å². The van der Waals surface area contributed by atoms with Crippen molar-refractivity contribution in [3.63, 3.8) is 0 Å². The summed E-state index contributed by atoms with van der Waals surface area (Å²) in [5, 5.41) is 6.89. The number of rotatable bonds is 7. The van der Waals surface area contributed by atoms with Crippen LogP contribution in [0.4, 0.5) is 0 Å². The summed E-state index contributed by atoms with van der Waals surface area (Å²) in [5.41, 5.74) is 0. The Morgan fingerprint density at radius 3 is 1.93 bits per heavy atom. The molecule has 0 saturated heterocycles. The molecule has 86 valence electrons. The minimum Gasteiger partial charge on any atom is -0.483 e. The maximum Gasteiger partial charge on any atom is 0.290 e. The van der Waals surface area contributed by atoms with Crippen molar-refractivity contribution in [1.29, 1.82) is 0 Å². The summed E-state index contributed by atoms with van der Waals surface area (Å²) < 4.78 is 0. The van der Waals surface area contributed by atoms with Crippen LogP contribution in [0, 0.1) is 0 Å². The topological polar surface area (TPSA) is 40.5 Å². The third-order valence-electron chi connectivity index (χ3n) is 1.96. The van der Waals surface area contributed by atoms with Gasteiger partial charge < -0.3 is 10.0 Å². The molecule has 0 spiro atoms. The average molecular weight is 203 g/mol. The van der Waals surface area contributed by atoms with Crippen molar-refractivity contribution in [2.75, 3.05) is 20.6 Å². The van der Waals surface area contributed by atoms with Crippen molar-refractivity contribution in [2.45, 2.75) is 45.4 Å². The van der Waals surface area contributed by atoms with Crippen molar-refractivity contribution < 1.29 is 9.90 Å². The first-order chi connectivity index (χ1) is 6.68. The lowest BCUT2D eigenvalue weighted by Crippen LogP contribution is -2.12. The molecule has 0 aromatic carbocycles. The fourth-order valence-electron chi connectivity index (χ4n) is 1.21. The summed E-state index contributed by atoms with van der Waals surface area (Å²) >= 11 is 0. The lowest BCUT2D eigenvalue weighted by molar-refractivity contribution is -0.122. The highest BCUT2D eigenvalue weighted by molar-refractivity contribution is 5.32. The third kappa shape index (κ3) is 22.5. The molecule has 3 heteroatoms. The van der Waals surface area contributed by atoms with Gasteiger partial charge in [-0.05, 0) is 27.1 Å². The largest absolute Gasteiger partial charge is 0.483 e. The maximum atomic E-state index is 8.36. The number of unbranched alkanes of at least 4 members (excludes halogenated alkanes) is 5. The van der Waals surface area contributed by atoms with Crippen molar-refractivity contribution >= 4 is 6.47 Å². The van der Waals surface area contributed by atoms with Crippen LogP contribution < -0.4 is 0 Å². The van der Waals surface area contributed by atoms with Crippen LogP contribution >= 0.6 is 0 Å². The molecule has 0 unspecified atom stereocenters. The van der Waals surface area contributed by atoms with E-state index in [0.717, 1.165) is 0 Å². The lowest BCUT2D eigenvalue weighted by atomic mass is 10.1. The highest BCUT2D eigenvalue weighted by atomic mass is 16.3. The van der Waals surface area contributed by atoms with Crippen LogP contribution in [0.2, 0.25) is 0 Å².